The Morgan fingerprint density at radius 1 is 0.915 bits per heavy atom. The number of fused-ring (bicyclic) bond motifs is 3. The van der Waals surface area contributed by atoms with Gasteiger partial charge in [0.25, 0.3) is 8.32 Å². The van der Waals surface area contributed by atoms with Crippen molar-refractivity contribution < 1.29 is 27.2 Å². The van der Waals surface area contributed by atoms with E-state index in [2.05, 4.69) is 84.2 Å². The molecule has 308 valence electrons. The molecule has 0 spiro atoms. The first-order valence-electron chi connectivity index (χ1n) is 19.8. The normalized spacial score (nSPS) is 19.9. The Labute approximate surface area is 348 Å². The van der Waals surface area contributed by atoms with Crippen LogP contribution in [0.15, 0.2) is 97.2 Å². The zero-order valence-corrected chi connectivity index (χ0v) is 35.4. The van der Waals surface area contributed by atoms with Gasteiger partial charge < -0.3 is 24.1 Å². The Morgan fingerprint density at radius 3 is 2.24 bits per heavy atom. The van der Waals surface area contributed by atoms with Crippen molar-refractivity contribution in [1.29, 1.82) is 0 Å². The molecule has 3 atom stereocenters. The summed E-state index contributed by atoms with van der Waals surface area (Å²) in [6, 6.07) is 27.1. The number of pyridine rings is 1. The quantitative estimate of drug-likeness (QED) is 0.174. The molecule has 8 rings (SSSR count). The summed E-state index contributed by atoms with van der Waals surface area (Å²) in [6.45, 7) is 10.4. The molecule has 1 saturated heterocycles. The average Bonchev–Trinajstić information content (AvgIpc) is 3.75. The molecule has 1 fully saturated rings. The summed E-state index contributed by atoms with van der Waals surface area (Å²) in [4.78, 5) is 42.0. The third-order valence-corrected chi connectivity index (χ3v) is 17.1. The maximum Gasteiger partial charge on any atom is 0.416 e. The lowest BCUT2D eigenvalue weighted by atomic mass is 9.95. The molecule has 3 aliphatic heterocycles. The number of hydrogen-bond donors (Lipinski definition) is 1. The van der Waals surface area contributed by atoms with Crippen molar-refractivity contribution in [2.24, 2.45) is 5.92 Å². The highest BCUT2D eigenvalue weighted by Crippen LogP contribution is 2.44. The standard InChI is InChI=1S/C44H47ClF3N7O3Si/c1-28-19-30(44(46,47)48)21-37(50-28)55-39(56)20-29-23-54(41-35(45)17-12-18-36(41)52(5)42(57)40(29)55)25-31-24-53-26-32(49-22-38(53)51-31)27-58-59(43(2,3)4,33-13-8-6-9-14-33)34-15-10-7-11-16-34/h6-19,21,24,29,32,40,49H,20,22-23,25-27H2,1-5H3/t29-,32?,40+/m1/s1. The zero-order chi connectivity index (χ0) is 41.9. The fourth-order valence-corrected chi connectivity index (χ4v) is 14.0. The van der Waals surface area contributed by atoms with Crippen LogP contribution in [0.1, 0.15) is 50.0 Å². The molecule has 3 aliphatic rings. The number of halogens is 4. The Hall–Kier alpha value is -5.02. The number of nitrogens with zero attached hydrogens (tertiary/aromatic N) is 6. The number of para-hydroxylation sites is 1. The Bertz CT molecular complexity index is 2330. The topological polar surface area (TPSA) is 95.8 Å². The minimum Gasteiger partial charge on any atom is -0.406 e. The van der Waals surface area contributed by atoms with Gasteiger partial charge in [0.15, 0.2) is 0 Å². The molecule has 0 saturated carbocycles. The first-order valence-corrected chi connectivity index (χ1v) is 22.1. The van der Waals surface area contributed by atoms with Crippen LogP contribution in [0, 0.1) is 12.8 Å². The Kier molecular flexibility index (Phi) is 10.7. The number of aryl methyl sites for hydroxylation is 1. The Morgan fingerprint density at radius 2 is 1.59 bits per heavy atom. The van der Waals surface area contributed by atoms with Crippen LogP contribution in [-0.2, 0) is 39.8 Å². The second-order valence-electron chi connectivity index (χ2n) is 16.8. The number of hydrogen-bond acceptors (Lipinski definition) is 7. The molecular weight excluding hydrogens is 795 g/mol. The van der Waals surface area contributed by atoms with E-state index in [0.29, 0.717) is 42.6 Å². The van der Waals surface area contributed by atoms with Gasteiger partial charge in [-0.2, -0.15) is 13.2 Å². The fraction of sp³-hybridized carbons (Fsp3) is 0.364. The number of rotatable bonds is 8. The summed E-state index contributed by atoms with van der Waals surface area (Å²) >= 11 is 6.91. The second-order valence-corrected chi connectivity index (χ2v) is 21.5. The van der Waals surface area contributed by atoms with Gasteiger partial charge in [0.2, 0.25) is 11.8 Å². The molecule has 1 N–H and O–H groups in total. The fourth-order valence-electron chi connectivity index (χ4n) is 9.13. The van der Waals surface area contributed by atoms with Crippen LogP contribution in [0.4, 0.5) is 30.4 Å². The predicted molar refractivity (Wildman–Crippen MR) is 226 cm³/mol. The van der Waals surface area contributed by atoms with Gasteiger partial charge in [0, 0.05) is 50.4 Å². The third-order valence-electron chi connectivity index (χ3n) is 11.8. The van der Waals surface area contributed by atoms with E-state index in [1.165, 1.54) is 22.2 Å². The van der Waals surface area contributed by atoms with E-state index in [9.17, 15) is 22.8 Å². The summed E-state index contributed by atoms with van der Waals surface area (Å²) in [6.07, 6.45) is -2.68. The first kappa shape index (κ1) is 40.7. The molecule has 2 aromatic heterocycles. The maximum absolute atomic E-state index is 14.3. The number of amides is 2. The number of carbonyl (C=O) groups excluding carboxylic acids is 2. The molecule has 10 nitrogen and oxygen atoms in total. The van der Waals surface area contributed by atoms with Crippen LogP contribution < -0.4 is 30.4 Å². The van der Waals surface area contributed by atoms with Crippen molar-refractivity contribution >= 4 is 59.3 Å². The number of aromatic nitrogens is 3. The van der Waals surface area contributed by atoms with Gasteiger partial charge in [-0.05, 0) is 46.6 Å². The van der Waals surface area contributed by atoms with Crippen LogP contribution in [0.2, 0.25) is 10.1 Å². The highest BCUT2D eigenvalue weighted by molar-refractivity contribution is 6.99. The molecule has 1 unspecified atom stereocenters. The van der Waals surface area contributed by atoms with Crippen molar-refractivity contribution in [1.82, 2.24) is 19.9 Å². The zero-order valence-electron chi connectivity index (χ0n) is 33.6. The number of carbonyl (C=O) groups is 2. The number of benzene rings is 3. The van der Waals surface area contributed by atoms with Gasteiger partial charge in [-0.1, -0.05) is 99.1 Å². The molecule has 0 bridgehead atoms. The highest BCUT2D eigenvalue weighted by atomic mass is 35.5. The van der Waals surface area contributed by atoms with Crippen LogP contribution in [0.5, 0.6) is 0 Å². The number of imidazole rings is 1. The summed E-state index contributed by atoms with van der Waals surface area (Å²) in [7, 11) is -1.16. The van der Waals surface area contributed by atoms with Gasteiger partial charge in [-0.15, -0.1) is 0 Å². The van der Waals surface area contributed by atoms with E-state index in [4.69, 9.17) is 21.0 Å². The molecular formula is C44H47ClF3N7O3Si. The molecule has 2 amide bonds. The number of nitrogens with one attached hydrogen (secondary N) is 1. The summed E-state index contributed by atoms with van der Waals surface area (Å²) in [5.74, 6) is -0.819. The lowest BCUT2D eigenvalue weighted by molar-refractivity contribution is -0.137. The van der Waals surface area contributed by atoms with Crippen molar-refractivity contribution in [2.75, 3.05) is 34.9 Å². The van der Waals surface area contributed by atoms with Crippen LogP contribution in [0.3, 0.4) is 0 Å². The molecule has 3 aromatic carbocycles. The molecule has 5 heterocycles. The Balaban J connectivity index is 1.07. The van der Waals surface area contributed by atoms with E-state index in [1.807, 2.05) is 23.2 Å². The summed E-state index contributed by atoms with van der Waals surface area (Å²) < 4.78 is 51.1. The van der Waals surface area contributed by atoms with Gasteiger partial charge in [-0.3, -0.25) is 14.5 Å². The third kappa shape index (κ3) is 7.56. The number of likely N-dealkylation sites (N-methyl/N-ethyl adjacent to an activating group) is 1. The minimum absolute atomic E-state index is 0.00654. The van der Waals surface area contributed by atoms with Gasteiger partial charge in [0.1, 0.15) is 17.7 Å². The van der Waals surface area contributed by atoms with Crippen molar-refractivity contribution in [3.05, 3.63) is 125 Å². The summed E-state index contributed by atoms with van der Waals surface area (Å²) in [5, 5.41) is 6.35. The molecule has 15 heteroatoms. The molecule has 5 aromatic rings. The minimum atomic E-state index is -4.66. The van der Waals surface area contributed by atoms with E-state index < -0.39 is 43.8 Å². The van der Waals surface area contributed by atoms with Crippen LogP contribution in [0.25, 0.3) is 0 Å². The number of anilines is 3. The van der Waals surface area contributed by atoms with Gasteiger partial charge in [-0.25, -0.2) is 9.97 Å². The smallest absolute Gasteiger partial charge is 0.406 e. The molecule has 0 radical (unpaired) electrons. The lowest BCUT2D eigenvalue weighted by Gasteiger charge is -2.44. The van der Waals surface area contributed by atoms with Crippen LogP contribution >= 0.6 is 11.6 Å². The summed E-state index contributed by atoms with van der Waals surface area (Å²) in [5.41, 5.74) is 1.05. The largest absolute Gasteiger partial charge is 0.416 e. The van der Waals surface area contributed by atoms with Crippen molar-refractivity contribution in [3.8, 4) is 0 Å². The van der Waals surface area contributed by atoms with Gasteiger partial charge >= 0.3 is 6.18 Å². The lowest BCUT2D eigenvalue weighted by Crippen LogP contribution is -2.67. The molecule has 0 aliphatic carbocycles. The van der Waals surface area contributed by atoms with Crippen LogP contribution in [-0.4, -0.2) is 66.9 Å². The van der Waals surface area contributed by atoms with Gasteiger partial charge in [0.05, 0.1) is 47.4 Å². The first-order chi connectivity index (χ1) is 28.0. The highest BCUT2D eigenvalue weighted by Gasteiger charge is 2.51. The predicted octanol–water partition coefficient (Wildman–Crippen LogP) is 6.71. The van der Waals surface area contributed by atoms with E-state index in [1.54, 1.807) is 25.2 Å². The van der Waals surface area contributed by atoms with E-state index in [0.717, 1.165) is 28.6 Å². The van der Waals surface area contributed by atoms with Crippen molar-refractivity contribution in [3.63, 3.8) is 0 Å². The number of alkyl halides is 3. The monoisotopic (exact) mass is 841 g/mol. The molecule has 59 heavy (non-hydrogen) atoms. The van der Waals surface area contributed by atoms with E-state index in [-0.39, 0.29) is 35.6 Å². The average molecular weight is 842 g/mol. The SMILES string of the molecule is Cc1cc(C(F)(F)F)cc(N2C(=O)C[C@@H]3CN(Cc4cn5c(n4)CNC(CO[Si](c4ccccc4)(c4ccccc4)C(C)(C)C)C5)c4c(Cl)cccc4N(C)C(=O)[C@H]32)n1. The maximum atomic E-state index is 14.3. The van der Waals surface area contributed by atoms with E-state index >= 15 is 0 Å². The van der Waals surface area contributed by atoms with Crippen molar-refractivity contribution in [2.45, 2.75) is 77.0 Å². The second kappa shape index (κ2) is 15.5.